The summed E-state index contributed by atoms with van der Waals surface area (Å²) in [5, 5.41) is 15.7. The Balaban J connectivity index is 1.53. The summed E-state index contributed by atoms with van der Waals surface area (Å²) in [5.74, 6) is 1.95. The van der Waals surface area contributed by atoms with Gasteiger partial charge in [-0.3, -0.25) is 0 Å². The predicted molar refractivity (Wildman–Crippen MR) is 64.3 cm³/mol. The number of hydrogen-bond donors (Lipinski definition) is 1. The van der Waals surface area contributed by atoms with Gasteiger partial charge in [-0.15, -0.1) is 5.10 Å². The third-order valence-electron chi connectivity index (χ3n) is 3.00. The van der Waals surface area contributed by atoms with Crippen molar-refractivity contribution in [2.75, 3.05) is 18.8 Å². The average molecular weight is 241 g/mol. The Labute approximate surface area is 100 Å². The number of nitrogens with zero attached hydrogens (tertiary/aromatic N) is 4. The Kier molecular flexibility index (Phi) is 4.59. The normalized spacial score (nSPS) is 17.1. The lowest BCUT2D eigenvalue weighted by Crippen LogP contribution is -2.23. The van der Waals surface area contributed by atoms with Crippen LogP contribution in [0.1, 0.15) is 25.7 Å². The van der Waals surface area contributed by atoms with E-state index in [9.17, 15) is 0 Å². The Morgan fingerprint density at radius 1 is 1.44 bits per heavy atom. The van der Waals surface area contributed by atoms with Crippen LogP contribution >= 0.6 is 11.8 Å². The quantitative estimate of drug-likeness (QED) is 0.596. The van der Waals surface area contributed by atoms with E-state index in [0.29, 0.717) is 0 Å². The molecule has 1 aromatic rings. The largest absolute Gasteiger partial charge is 0.316 e. The molecule has 90 valence electrons. The maximum absolute atomic E-state index is 3.93. The second kappa shape index (κ2) is 6.20. The molecule has 0 bridgehead atoms. The molecule has 0 amide bonds. The lowest BCUT2D eigenvalue weighted by molar-refractivity contribution is 0.499. The van der Waals surface area contributed by atoms with E-state index in [1.54, 1.807) is 16.4 Å². The number of nitrogens with one attached hydrogen (secondary N) is 1. The van der Waals surface area contributed by atoms with Crippen LogP contribution in [0, 0.1) is 5.92 Å². The average Bonchev–Trinajstić information content (AvgIpc) is 2.90. The first kappa shape index (κ1) is 11.9. The molecular weight excluding hydrogens is 222 g/mol. The van der Waals surface area contributed by atoms with Gasteiger partial charge in [0.15, 0.2) is 0 Å². The Morgan fingerprint density at radius 2 is 2.25 bits per heavy atom. The fourth-order valence-corrected chi connectivity index (χ4v) is 2.83. The van der Waals surface area contributed by atoms with Gasteiger partial charge in [0.1, 0.15) is 0 Å². The highest BCUT2D eigenvalue weighted by Gasteiger charge is 2.13. The van der Waals surface area contributed by atoms with Crippen LogP contribution in [0.25, 0.3) is 0 Å². The number of aryl methyl sites for hydroxylation is 1. The van der Waals surface area contributed by atoms with Gasteiger partial charge in [0.25, 0.3) is 0 Å². The van der Waals surface area contributed by atoms with Crippen molar-refractivity contribution in [2.24, 2.45) is 13.0 Å². The molecule has 16 heavy (non-hydrogen) atoms. The van der Waals surface area contributed by atoms with E-state index in [1.165, 1.54) is 32.2 Å². The number of aromatic nitrogens is 4. The maximum atomic E-state index is 3.93. The maximum Gasteiger partial charge on any atom is 0.209 e. The molecule has 2 rings (SSSR count). The van der Waals surface area contributed by atoms with E-state index in [-0.39, 0.29) is 0 Å². The van der Waals surface area contributed by atoms with Gasteiger partial charge in [-0.2, -0.15) is 0 Å². The summed E-state index contributed by atoms with van der Waals surface area (Å²) in [5.41, 5.74) is 0. The molecule has 1 aliphatic carbocycles. The smallest absolute Gasteiger partial charge is 0.209 e. The zero-order valence-corrected chi connectivity index (χ0v) is 10.5. The van der Waals surface area contributed by atoms with Crippen molar-refractivity contribution in [3.05, 3.63) is 0 Å². The van der Waals surface area contributed by atoms with Crippen LogP contribution in [0.5, 0.6) is 0 Å². The minimum absolute atomic E-state index is 0.891. The molecule has 0 atom stereocenters. The number of rotatable bonds is 6. The van der Waals surface area contributed by atoms with Crippen LogP contribution in [-0.4, -0.2) is 39.0 Å². The molecule has 1 N–H and O–H groups in total. The van der Waals surface area contributed by atoms with Gasteiger partial charge in [-0.1, -0.05) is 24.6 Å². The fourth-order valence-electron chi connectivity index (χ4n) is 2.08. The van der Waals surface area contributed by atoms with Crippen molar-refractivity contribution in [1.29, 1.82) is 0 Å². The van der Waals surface area contributed by atoms with Crippen molar-refractivity contribution >= 4 is 11.8 Å². The summed E-state index contributed by atoms with van der Waals surface area (Å²) in [7, 11) is 1.87. The van der Waals surface area contributed by atoms with E-state index in [1.807, 2.05) is 7.05 Å². The first-order valence-corrected chi connectivity index (χ1v) is 6.90. The molecule has 6 heteroatoms. The SMILES string of the molecule is Cn1nnnc1SCCNCC1CCCC1. The molecule has 1 saturated carbocycles. The Hall–Kier alpha value is -0.620. The lowest BCUT2D eigenvalue weighted by Gasteiger charge is -2.09. The van der Waals surface area contributed by atoms with E-state index >= 15 is 0 Å². The van der Waals surface area contributed by atoms with Gasteiger partial charge < -0.3 is 5.32 Å². The van der Waals surface area contributed by atoms with Crippen molar-refractivity contribution in [3.8, 4) is 0 Å². The first-order chi connectivity index (χ1) is 7.86. The summed E-state index contributed by atoms with van der Waals surface area (Å²) < 4.78 is 1.71. The highest BCUT2D eigenvalue weighted by Crippen LogP contribution is 2.23. The van der Waals surface area contributed by atoms with Crippen LogP contribution in [0.15, 0.2) is 5.16 Å². The highest BCUT2D eigenvalue weighted by atomic mass is 32.2. The van der Waals surface area contributed by atoms with Gasteiger partial charge in [-0.05, 0) is 35.7 Å². The zero-order chi connectivity index (χ0) is 11.2. The number of hydrogen-bond acceptors (Lipinski definition) is 5. The molecule has 0 aromatic carbocycles. The molecule has 1 aromatic heterocycles. The number of tetrazole rings is 1. The second-order valence-electron chi connectivity index (χ2n) is 4.29. The van der Waals surface area contributed by atoms with Gasteiger partial charge in [0.2, 0.25) is 5.16 Å². The second-order valence-corrected chi connectivity index (χ2v) is 5.35. The van der Waals surface area contributed by atoms with Crippen molar-refractivity contribution < 1.29 is 0 Å². The van der Waals surface area contributed by atoms with Gasteiger partial charge in [0, 0.05) is 19.3 Å². The van der Waals surface area contributed by atoms with Gasteiger partial charge in [-0.25, -0.2) is 4.68 Å². The van der Waals surface area contributed by atoms with Gasteiger partial charge in [0.05, 0.1) is 0 Å². The first-order valence-electron chi connectivity index (χ1n) is 5.92. The monoisotopic (exact) mass is 241 g/mol. The molecular formula is C10H19N5S. The molecule has 5 nitrogen and oxygen atoms in total. The third-order valence-corrected chi connectivity index (χ3v) is 4.01. The third kappa shape index (κ3) is 3.45. The minimum Gasteiger partial charge on any atom is -0.316 e. The fraction of sp³-hybridized carbons (Fsp3) is 0.900. The topological polar surface area (TPSA) is 55.6 Å². The summed E-state index contributed by atoms with van der Waals surface area (Å²) in [6.07, 6.45) is 5.66. The van der Waals surface area contributed by atoms with Crippen molar-refractivity contribution in [1.82, 2.24) is 25.5 Å². The van der Waals surface area contributed by atoms with Crippen molar-refractivity contribution in [2.45, 2.75) is 30.8 Å². The molecule has 0 unspecified atom stereocenters. The van der Waals surface area contributed by atoms with Crippen LogP contribution in [-0.2, 0) is 7.05 Å². The number of thioether (sulfide) groups is 1. The summed E-state index contributed by atoms with van der Waals surface area (Å²) >= 11 is 1.70. The standard InChI is InChI=1S/C10H19N5S/c1-15-10(12-13-14-15)16-7-6-11-8-9-4-2-3-5-9/h9,11H,2-8H2,1H3. The predicted octanol–water partition coefficient (Wildman–Crippen LogP) is 1.08. The molecule has 0 radical (unpaired) electrons. The summed E-state index contributed by atoms with van der Waals surface area (Å²) in [6, 6.07) is 0. The van der Waals surface area contributed by atoms with Crippen LogP contribution in [0.3, 0.4) is 0 Å². The lowest BCUT2D eigenvalue weighted by atomic mass is 10.1. The van der Waals surface area contributed by atoms with E-state index in [0.717, 1.165) is 23.4 Å². The Morgan fingerprint density at radius 3 is 2.94 bits per heavy atom. The molecule has 0 spiro atoms. The van der Waals surface area contributed by atoms with Crippen LogP contribution < -0.4 is 5.32 Å². The molecule has 1 heterocycles. The molecule has 1 fully saturated rings. The highest BCUT2D eigenvalue weighted by molar-refractivity contribution is 7.99. The van der Waals surface area contributed by atoms with E-state index in [4.69, 9.17) is 0 Å². The molecule has 0 aliphatic heterocycles. The molecule has 0 saturated heterocycles. The van der Waals surface area contributed by atoms with Crippen LogP contribution in [0.4, 0.5) is 0 Å². The van der Waals surface area contributed by atoms with Crippen molar-refractivity contribution in [3.63, 3.8) is 0 Å². The minimum atomic E-state index is 0.891. The van der Waals surface area contributed by atoms with Crippen LogP contribution in [0.2, 0.25) is 0 Å². The molecule has 1 aliphatic rings. The summed E-state index contributed by atoms with van der Waals surface area (Å²) in [4.78, 5) is 0. The Bertz CT molecular complexity index is 308. The summed E-state index contributed by atoms with van der Waals surface area (Å²) in [6.45, 7) is 2.21. The van der Waals surface area contributed by atoms with E-state index < -0.39 is 0 Å². The van der Waals surface area contributed by atoms with Gasteiger partial charge >= 0.3 is 0 Å². The van der Waals surface area contributed by atoms with E-state index in [2.05, 4.69) is 20.8 Å². The zero-order valence-electron chi connectivity index (χ0n) is 9.72.